The van der Waals surface area contributed by atoms with Crippen LogP contribution in [0.3, 0.4) is 0 Å². The molecule has 1 rings (SSSR count). The van der Waals surface area contributed by atoms with E-state index in [4.69, 9.17) is 4.74 Å². The highest BCUT2D eigenvalue weighted by Gasteiger charge is 2.22. The molecule has 1 unspecified atom stereocenters. The predicted molar refractivity (Wildman–Crippen MR) is 65.6 cm³/mol. The van der Waals surface area contributed by atoms with Gasteiger partial charge in [-0.15, -0.1) is 0 Å². The van der Waals surface area contributed by atoms with E-state index in [1.807, 2.05) is 0 Å². The number of aliphatic hydroxyl groups is 1. The summed E-state index contributed by atoms with van der Waals surface area (Å²) in [5.41, 5.74) is 0. The van der Waals surface area contributed by atoms with Crippen molar-refractivity contribution in [2.75, 3.05) is 33.4 Å². The highest BCUT2D eigenvalue weighted by Crippen LogP contribution is 2.13. The van der Waals surface area contributed by atoms with E-state index in [0.717, 1.165) is 13.1 Å². The van der Waals surface area contributed by atoms with E-state index >= 15 is 0 Å². The van der Waals surface area contributed by atoms with Crippen molar-refractivity contribution in [2.24, 2.45) is 0 Å². The van der Waals surface area contributed by atoms with Gasteiger partial charge in [0.25, 0.3) is 0 Å². The first-order valence-corrected chi connectivity index (χ1v) is 6.27. The number of ether oxygens (including phenoxy) is 1. The Labute approximate surface area is 99.0 Å². The van der Waals surface area contributed by atoms with E-state index in [1.165, 1.54) is 12.8 Å². The van der Waals surface area contributed by atoms with Gasteiger partial charge in [-0.2, -0.15) is 0 Å². The molecule has 4 nitrogen and oxygen atoms in total. The van der Waals surface area contributed by atoms with E-state index in [2.05, 4.69) is 24.1 Å². The zero-order valence-electron chi connectivity index (χ0n) is 10.8. The molecule has 1 aliphatic rings. The van der Waals surface area contributed by atoms with Crippen LogP contribution in [0.5, 0.6) is 0 Å². The van der Waals surface area contributed by atoms with Gasteiger partial charge in [-0.1, -0.05) is 0 Å². The van der Waals surface area contributed by atoms with Crippen LogP contribution in [0.4, 0.5) is 0 Å². The molecule has 0 aromatic rings. The Morgan fingerprint density at radius 3 is 2.44 bits per heavy atom. The van der Waals surface area contributed by atoms with Gasteiger partial charge in [0.1, 0.15) is 0 Å². The van der Waals surface area contributed by atoms with Crippen LogP contribution in [0.2, 0.25) is 0 Å². The molecule has 1 atom stereocenters. The van der Waals surface area contributed by atoms with Crippen molar-refractivity contribution >= 4 is 0 Å². The summed E-state index contributed by atoms with van der Waals surface area (Å²) in [5, 5.41) is 12.6. The van der Waals surface area contributed by atoms with Gasteiger partial charge in [0.2, 0.25) is 0 Å². The zero-order chi connectivity index (χ0) is 12.0. The Morgan fingerprint density at radius 2 is 2.00 bits per heavy atom. The molecule has 0 amide bonds. The van der Waals surface area contributed by atoms with Gasteiger partial charge in [0.15, 0.2) is 0 Å². The molecule has 1 aliphatic heterocycles. The monoisotopic (exact) mass is 230 g/mol. The lowest BCUT2D eigenvalue weighted by Crippen LogP contribution is -2.49. The molecular weight excluding hydrogens is 204 g/mol. The molecule has 4 heteroatoms. The second-order valence-electron chi connectivity index (χ2n) is 4.91. The van der Waals surface area contributed by atoms with E-state index in [0.29, 0.717) is 18.7 Å². The summed E-state index contributed by atoms with van der Waals surface area (Å²) in [6, 6.07) is 1.26. The average molecular weight is 230 g/mol. The summed E-state index contributed by atoms with van der Waals surface area (Å²) < 4.78 is 5.06. The Balaban J connectivity index is 2.25. The second kappa shape index (κ2) is 7.22. The fraction of sp³-hybridized carbons (Fsp3) is 1.00. The summed E-state index contributed by atoms with van der Waals surface area (Å²) in [7, 11) is 1.67. The number of rotatable bonds is 6. The fourth-order valence-electron chi connectivity index (χ4n) is 2.27. The van der Waals surface area contributed by atoms with Gasteiger partial charge in [0, 0.05) is 19.2 Å². The molecule has 1 saturated heterocycles. The summed E-state index contributed by atoms with van der Waals surface area (Å²) >= 11 is 0. The highest BCUT2D eigenvalue weighted by atomic mass is 16.5. The van der Waals surface area contributed by atoms with E-state index in [1.54, 1.807) is 7.11 Å². The average Bonchev–Trinajstić information content (AvgIpc) is 2.29. The molecule has 16 heavy (non-hydrogen) atoms. The Hall–Kier alpha value is -0.160. The first-order valence-electron chi connectivity index (χ1n) is 6.27. The van der Waals surface area contributed by atoms with Crippen molar-refractivity contribution < 1.29 is 9.84 Å². The lowest BCUT2D eigenvalue weighted by molar-refractivity contribution is 0.104. The molecule has 0 aliphatic carbocycles. The maximum Gasteiger partial charge on any atom is 0.0638 e. The van der Waals surface area contributed by atoms with Crippen LogP contribution in [0.25, 0.3) is 0 Å². The molecule has 1 fully saturated rings. The standard InChI is InChI=1S/C12H26N2O2/c1-10(2)14-6-4-11(5-7-14)13-12(8-15)9-16-3/h10-13,15H,4-9H2,1-3H3. The fourth-order valence-corrected chi connectivity index (χ4v) is 2.27. The third-order valence-corrected chi connectivity index (χ3v) is 3.32. The van der Waals surface area contributed by atoms with Crippen molar-refractivity contribution in [2.45, 2.75) is 44.8 Å². The summed E-state index contributed by atoms with van der Waals surface area (Å²) in [6.45, 7) is 7.53. The number of piperidine rings is 1. The maximum atomic E-state index is 9.18. The SMILES string of the molecule is COCC(CO)NC1CCN(C(C)C)CC1. The Kier molecular flexibility index (Phi) is 6.28. The number of likely N-dealkylation sites (tertiary alicyclic amines) is 1. The van der Waals surface area contributed by atoms with Crippen molar-refractivity contribution in [1.82, 2.24) is 10.2 Å². The summed E-state index contributed by atoms with van der Waals surface area (Å²) in [5.74, 6) is 0. The van der Waals surface area contributed by atoms with E-state index < -0.39 is 0 Å². The first kappa shape index (κ1) is 13.9. The van der Waals surface area contributed by atoms with Crippen molar-refractivity contribution in [3.05, 3.63) is 0 Å². The van der Waals surface area contributed by atoms with Crippen LogP contribution >= 0.6 is 0 Å². The first-order chi connectivity index (χ1) is 7.67. The van der Waals surface area contributed by atoms with E-state index in [-0.39, 0.29) is 12.6 Å². The van der Waals surface area contributed by atoms with Crippen molar-refractivity contribution in [3.63, 3.8) is 0 Å². The van der Waals surface area contributed by atoms with Gasteiger partial charge in [0.05, 0.1) is 19.3 Å². The lowest BCUT2D eigenvalue weighted by atomic mass is 10.0. The third-order valence-electron chi connectivity index (χ3n) is 3.32. The van der Waals surface area contributed by atoms with Crippen LogP contribution in [0.1, 0.15) is 26.7 Å². The van der Waals surface area contributed by atoms with Crippen LogP contribution in [0.15, 0.2) is 0 Å². The number of nitrogens with zero attached hydrogens (tertiary/aromatic N) is 1. The normalized spacial score (nSPS) is 21.6. The summed E-state index contributed by atoms with van der Waals surface area (Å²) in [6.07, 6.45) is 2.33. The molecule has 0 aromatic carbocycles. The zero-order valence-corrected chi connectivity index (χ0v) is 10.8. The summed E-state index contributed by atoms with van der Waals surface area (Å²) in [4.78, 5) is 2.50. The Bertz CT molecular complexity index is 180. The second-order valence-corrected chi connectivity index (χ2v) is 4.91. The minimum absolute atomic E-state index is 0.0839. The topological polar surface area (TPSA) is 44.7 Å². The molecule has 0 saturated carbocycles. The molecule has 96 valence electrons. The van der Waals surface area contributed by atoms with Gasteiger partial charge in [-0.05, 0) is 39.8 Å². The molecule has 0 bridgehead atoms. The number of hydrogen-bond acceptors (Lipinski definition) is 4. The third kappa shape index (κ3) is 4.37. The molecular formula is C12H26N2O2. The molecule has 1 heterocycles. The van der Waals surface area contributed by atoms with Crippen LogP contribution in [-0.2, 0) is 4.74 Å². The number of hydrogen-bond donors (Lipinski definition) is 2. The smallest absolute Gasteiger partial charge is 0.0638 e. The van der Waals surface area contributed by atoms with Gasteiger partial charge in [-0.3, -0.25) is 0 Å². The van der Waals surface area contributed by atoms with Crippen molar-refractivity contribution in [3.8, 4) is 0 Å². The number of methoxy groups -OCH3 is 1. The van der Waals surface area contributed by atoms with Gasteiger partial charge >= 0.3 is 0 Å². The van der Waals surface area contributed by atoms with Crippen LogP contribution < -0.4 is 5.32 Å². The van der Waals surface area contributed by atoms with E-state index in [9.17, 15) is 5.11 Å². The predicted octanol–water partition coefficient (Wildman–Crippen LogP) is 0.456. The maximum absolute atomic E-state index is 9.18. The van der Waals surface area contributed by atoms with Crippen LogP contribution in [0, 0.1) is 0 Å². The lowest BCUT2D eigenvalue weighted by Gasteiger charge is -2.36. The largest absolute Gasteiger partial charge is 0.395 e. The quantitative estimate of drug-likeness (QED) is 0.696. The molecule has 0 spiro atoms. The molecule has 0 radical (unpaired) electrons. The van der Waals surface area contributed by atoms with Gasteiger partial charge < -0.3 is 20.1 Å². The van der Waals surface area contributed by atoms with Crippen LogP contribution in [-0.4, -0.2) is 61.5 Å². The molecule has 0 aromatic heterocycles. The van der Waals surface area contributed by atoms with Crippen molar-refractivity contribution in [1.29, 1.82) is 0 Å². The number of nitrogens with one attached hydrogen (secondary N) is 1. The highest BCUT2D eigenvalue weighted by molar-refractivity contribution is 4.81. The van der Waals surface area contributed by atoms with Gasteiger partial charge in [-0.25, -0.2) is 0 Å². The molecule has 2 N–H and O–H groups in total. The minimum Gasteiger partial charge on any atom is -0.395 e. The number of aliphatic hydroxyl groups excluding tert-OH is 1. The minimum atomic E-state index is 0.0839. The Morgan fingerprint density at radius 1 is 1.38 bits per heavy atom.